The molecule has 5 heteroatoms. The third-order valence-corrected chi connectivity index (χ3v) is 5.50. The maximum absolute atomic E-state index is 10.6. The second-order valence-electron chi connectivity index (χ2n) is 7.66. The number of rotatable bonds is 8. The smallest absolute Gasteiger partial charge is 0.119 e. The van der Waals surface area contributed by atoms with Gasteiger partial charge >= 0.3 is 0 Å². The Morgan fingerprint density at radius 2 is 1.78 bits per heavy atom. The molecule has 0 aliphatic carbocycles. The highest BCUT2D eigenvalue weighted by molar-refractivity contribution is 9.10. The average Bonchev–Trinajstić information content (AvgIpc) is 2.69. The van der Waals surface area contributed by atoms with Crippen LogP contribution in [0.5, 0.6) is 5.75 Å². The summed E-state index contributed by atoms with van der Waals surface area (Å²) < 4.78 is 6.82. The van der Waals surface area contributed by atoms with Gasteiger partial charge in [-0.15, -0.1) is 0 Å². The first kappa shape index (κ1) is 20.3. The van der Waals surface area contributed by atoms with E-state index >= 15 is 0 Å². The van der Waals surface area contributed by atoms with E-state index in [9.17, 15) is 5.11 Å². The molecule has 4 nitrogen and oxygen atoms in total. The van der Waals surface area contributed by atoms with Crippen LogP contribution in [0, 0.1) is 0 Å². The number of para-hydroxylation sites is 1. The summed E-state index contributed by atoms with van der Waals surface area (Å²) in [5.41, 5.74) is 0.468. The number of piperidine rings is 1. The SMILES string of the molecule is CC(O)(CNC1CCN(Cc2ccc(Br)cc2)CC1)COc1ccccc1. The van der Waals surface area contributed by atoms with Gasteiger partial charge in [0.05, 0.1) is 0 Å². The van der Waals surface area contributed by atoms with Crippen molar-refractivity contribution in [2.75, 3.05) is 26.2 Å². The van der Waals surface area contributed by atoms with Gasteiger partial charge < -0.3 is 15.2 Å². The van der Waals surface area contributed by atoms with Gasteiger partial charge in [-0.3, -0.25) is 4.90 Å². The molecule has 0 aromatic heterocycles. The highest BCUT2D eigenvalue weighted by atomic mass is 79.9. The third kappa shape index (κ3) is 6.92. The number of halogens is 1. The summed E-state index contributed by atoms with van der Waals surface area (Å²) in [5.74, 6) is 0.791. The predicted octanol–water partition coefficient (Wildman–Crippen LogP) is 3.83. The molecule has 0 saturated carbocycles. The number of hydrogen-bond donors (Lipinski definition) is 2. The van der Waals surface area contributed by atoms with E-state index in [1.54, 1.807) is 0 Å². The van der Waals surface area contributed by atoms with Crippen molar-refractivity contribution in [2.45, 2.75) is 38.0 Å². The zero-order valence-electron chi connectivity index (χ0n) is 15.9. The van der Waals surface area contributed by atoms with Gasteiger partial charge in [-0.1, -0.05) is 46.3 Å². The first-order chi connectivity index (χ1) is 13.0. The van der Waals surface area contributed by atoms with E-state index in [4.69, 9.17) is 4.74 Å². The van der Waals surface area contributed by atoms with Gasteiger partial charge in [0, 0.05) is 23.6 Å². The Morgan fingerprint density at radius 1 is 1.11 bits per heavy atom. The first-order valence-electron chi connectivity index (χ1n) is 9.61. The summed E-state index contributed by atoms with van der Waals surface area (Å²) in [6, 6.07) is 18.7. The Hall–Kier alpha value is -1.40. The quantitative estimate of drug-likeness (QED) is 0.664. The van der Waals surface area contributed by atoms with Gasteiger partial charge in [-0.25, -0.2) is 0 Å². The van der Waals surface area contributed by atoms with Crippen LogP contribution in [0.25, 0.3) is 0 Å². The van der Waals surface area contributed by atoms with Crippen LogP contribution in [-0.2, 0) is 6.54 Å². The minimum Gasteiger partial charge on any atom is -0.491 e. The van der Waals surface area contributed by atoms with Crippen LogP contribution in [0.15, 0.2) is 59.1 Å². The summed E-state index contributed by atoms with van der Waals surface area (Å²) in [6.45, 7) is 5.81. The number of likely N-dealkylation sites (tertiary alicyclic amines) is 1. The summed E-state index contributed by atoms with van der Waals surface area (Å²) in [4.78, 5) is 2.50. The van der Waals surface area contributed by atoms with Gasteiger partial charge in [0.2, 0.25) is 0 Å². The Balaban J connectivity index is 1.36. The van der Waals surface area contributed by atoms with Crippen molar-refractivity contribution < 1.29 is 9.84 Å². The molecule has 0 bridgehead atoms. The van der Waals surface area contributed by atoms with Crippen molar-refractivity contribution in [1.29, 1.82) is 0 Å². The molecule has 1 saturated heterocycles. The maximum Gasteiger partial charge on any atom is 0.119 e. The Morgan fingerprint density at radius 3 is 2.44 bits per heavy atom. The van der Waals surface area contributed by atoms with Gasteiger partial charge in [-0.05, 0) is 62.7 Å². The summed E-state index contributed by atoms with van der Waals surface area (Å²) in [7, 11) is 0. The molecule has 2 N–H and O–H groups in total. The summed E-state index contributed by atoms with van der Waals surface area (Å²) >= 11 is 3.48. The minimum atomic E-state index is -0.885. The molecule has 1 fully saturated rings. The second-order valence-corrected chi connectivity index (χ2v) is 8.57. The van der Waals surface area contributed by atoms with Crippen molar-refractivity contribution in [3.63, 3.8) is 0 Å². The molecule has 1 unspecified atom stereocenters. The van der Waals surface area contributed by atoms with E-state index in [-0.39, 0.29) is 6.61 Å². The van der Waals surface area contributed by atoms with E-state index in [0.717, 1.165) is 42.7 Å². The molecular weight excluding hydrogens is 404 g/mol. The van der Waals surface area contributed by atoms with Crippen molar-refractivity contribution >= 4 is 15.9 Å². The van der Waals surface area contributed by atoms with Crippen LogP contribution in [0.4, 0.5) is 0 Å². The van der Waals surface area contributed by atoms with E-state index < -0.39 is 5.60 Å². The predicted molar refractivity (Wildman–Crippen MR) is 113 cm³/mol. The normalized spacial score (nSPS) is 18.2. The van der Waals surface area contributed by atoms with Gasteiger partial charge in [0.1, 0.15) is 18.0 Å². The highest BCUT2D eigenvalue weighted by Gasteiger charge is 2.25. The zero-order valence-corrected chi connectivity index (χ0v) is 17.5. The number of aliphatic hydroxyl groups is 1. The summed E-state index contributed by atoms with van der Waals surface area (Å²) in [5, 5.41) is 14.1. The molecule has 0 spiro atoms. The van der Waals surface area contributed by atoms with Crippen LogP contribution < -0.4 is 10.1 Å². The Bertz CT molecular complexity index is 683. The number of benzene rings is 2. The number of hydrogen-bond acceptors (Lipinski definition) is 4. The molecule has 1 atom stereocenters. The first-order valence-corrected chi connectivity index (χ1v) is 10.4. The van der Waals surface area contributed by atoms with Gasteiger partial charge in [-0.2, -0.15) is 0 Å². The van der Waals surface area contributed by atoms with E-state index in [0.29, 0.717) is 12.6 Å². The van der Waals surface area contributed by atoms with Crippen LogP contribution in [0.2, 0.25) is 0 Å². The molecule has 0 radical (unpaired) electrons. The monoisotopic (exact) mass is 432 g/mol. The Kier molecular flexibility index (Phi) is 7.30. The van der Waals surface area contributed by atoms with Gasteiger partial charge in [0.25, 0.3) is 0 Å². The molecule has 2 aromatic rings. The molecule has 0 amide bonds. The van der Waals surface area contributed by atoms with Crippen molar-refractivity contribution in [2.24, 2.45) is 0 Å². The molecule has 1 aliphatic rings. The van der Waals surface area contributed by atoms with E-state index in [2.05, 4.69) is 50.4 Å². The van der Waals surface area contributed by atoms with E-state index in [1.165, 1.54) is 5.56 Å². The maximum atomic E-state index is 10.6. The summed E-state index contributed by atoms with van der Waals surface area (Å²) in [6.07, 6.45) is 2.21. The fraction of sp³-hybridized carbons (Fsp3) is 0.455. The second kappa shape index (κ2) is 9.69. The van der Waals surface area contributed by atoms with Crippen LogP contribution in [-0.4, -0.2) is 47.9 Å². The lowest BCUT2D eigenvalue weighted by Crippen LogP contribution is -2.49. The molecule has 146 valence electrons. The number of nitrogens with zero attached hydrogens (tertiary/aromatic N) is 1. The Labute approximate surface area is 170 Å². The molecule has 3 rings (SSSR count). The number of ether oxygens (including phenoxy) is 1. The molecule has 1 aliphatic heterocycles. The van der Waals surface area contributed by atoms with E-state index in [1.807, 2.05) is 37.3 Å². The lowest BCUT2D eigenvalue weighted by molar-refractivity contribution is 0.00816. The zero-order chi connectivity index (χ0) is 19.1. The van der Waals surface area contributed by atoms with Crippen molar-refractivity contribution in [3.8, 4) is 5.75 Å². The molecular formula is C22H29BrN2O2. The molecule has 27 heavy (non-hydrogen) atoms. The molecule has 1 heterocycles. The highest BCUT2D eigenvalue weighted by Crippen LogP contribution is 2.17. The van der Waals surface area contributed by atoms with Crippen LogP contribution >= 0.6 is 15.9 Å². The number of nitrogens with one attached hydrogen (secondary N) is 1. The van der Waals surface area contributed by atoms with Crippen LogP contribution in [0.1, 0.15) is 25.3 Å². The van der Waals surface area contributed by atoms with Crippen LogP contribution in [0.3, 0.4) is 0 Å². The van der Waals surface area contributed by atoms with Crippen molar-refractivity contribution in [3.05, 3.63) is 64.6 Å². The third-order valence-electron chi connectivity index (χ3n) is 4.97. The standard InChI is InChI=1S/C22H29BrN2O2/c1-22(26,17-27-21-5-3-2-4-6-21)16-24-20-11-13-25(14-12-20)15-18-7-9-19(23)10-8-18/h2-10,20,24,26H,11-17H2,1H3. The fourth-order valence-corrected chi connectivity index (χ4v) is 3.58. The van der Waals surface area contributed by atoms with Gasteiger partial charge in [0.15, 0.2) is 0 Å². The average molecular weight is 433 g/mol. The minimum absolute atomic E-state index is 0.284. The largest absolute Gasteiger partial charge is 0.491 e. The lowest BCUT2D eigenvalue weighted by Gasteiger charge is -2.34. The molecule has 2 aromatic carbocycles. The lowest BCUT2D eigenvalue weighted by atomic mass is 10.0. The topological polar surface area (TPSA) is 44.7 Å². The fourth-order valence-electron chi connectivity index (χ4n) is 3.31. The van der Waals surface area contributed by atoms with Crippen molar-refractivity contribution in [1.82, 2.24) is 10.2 Å².